The lowest BCUT2D eigenvalue weighted by Crippen LogP contribution is -2.54. The third-order valence-electron chi connectivity index (χ3n) is 7.28. The lowest BCUT2D eigenvalue weighted by Gasteiger charge is -2.30. The summed E-state index contributed by atoms with van der Waals surface area (Å²) in [4.78, 5) is 42.1. The number of para-hydroxylation sites is 2. The molecule has 2 aromatic carbocycles. The van der Waals surface area contributed by atoms with Crippen molar-refractivity contribution in [3.8, 4) is 5.75 Å². The number of hydrogen-bond acceptors (Lipinski definition) is 6. The SMILES string of the molecule is CCc1cccc2c1NC(=O)[C@@]21N[C@H]([C@@H](C)O)[C@H]2C(=O)N(Cc3ccccc3OC)C(=O)[C@@H]21. The zero-order chi connectivity index (χ0) is 23.5. The number of nitrogens with one attached hydrogen (secondary N) is 2. The first-order chi connectivity index (χ1) is 15.8. The Kier molecular flexibility index (Phi) is 5.02. The Hall–Kier alpha value is -3.23. The lowest BCUT2D eigenvalue weighted by atomic mass is 9.76. The number of hydrogen-bond donors (Lipinski definition) is 3. The van der Waals surface area contributed by atoms with Crippen molar-refractivity contribution >= 4 is 23.4 Å². The Morgan fingerprint density at radius 1 is 1.09 bits per heavy atom. The quantitative estimate of drug-likeness (QED) is 0.598. The van der Waals surface area contributed by atoms with Gasteiger partial charge in [-0.05, 0) is 25.0 Å². The summed E-state index contributed by atoms with van der Waals surface area (Å²) in [6.45, 7) is 3.61. The van der Waals surface area contributed by atoms with Gasteiger partial charge in [-0.25, -0.2) is 0 Å². The number of fused-ring (bicyclic) bond motifs is 4. The van der Waals surface area contributed by atoms with E-state index < -0.39 is 35.4 Å². The number of carbonyl (C=O) groups excluding carboxylic acids is 3. The van der Waals surface area contributed by atoms with E-state index in [9.17, 15) is 19.5 Å². The van der Waals surface area contributed by atoms with Gasteiger partial charge in [0.15, 0.2) is 0 Å². The van der Waals surface area contributed by atoms with Gasteiger partial charge >= 0.3 is 0 Å². The number of carbonyl (C=O) groups is 3. The first-order valence-electron chi connectivity index (χ1n) is 11.2. The number of ether oxygens (including phenoxy) is 1. The highest BCUT2D eigenvalue weighted by Crippen LogP contribution is 2.54. The first kappa shape index (κ1) is 21.6. The maximum absolute atomic E-state index is 13.8. The highest BCUT2D eigenvalue weighted by atomic mass is 16.5. The molecule has 0 radical (unpaired) electrons. The van der Waals surface area contributed by atoms with E-state index in [4.69, 9.17) is 4.74 Å². The molecular formula is C25H27N3O5. The van der Waals surface area contributed by atoms with Crippen LogP contribution in [0.1, 0.15) is 30.5 Å². The fraction of sp³-hybridized carbons (Fsp3) is 0.400. The molecule has 3 aliphatic rings. The number of amides is 3. The highest BCUT2D eigenvalue weighted by molar-refractivity contribution is 6.15. The van der Waals surface area contributed by atoms with Crippen molar-refractivity contribution < 1.29 is 24.2 Å². The fourth-order valence-electron chi connectivity index (χ4n) is 5.75. The van der Waals surface area contributed by atoms with E-state index in [1.165, 1.54) is 12.0 Å². The summed E-state index contributed by atoms with van der Waals surface area (Å²) in [6, 6.07) is 12.1. The van der Waals surface area contributed by atoms with Gasteiger partial charge in [0, 0.05) is 22.9 Å². The van der Waals surface area contributed by atoms with E-state index in [-0.39, 0.29) is 18.4 Å². The third kappa shape index (κ3) is 2.87. The van der Waals surface area contributed by atoms with Crippen LogP contribution in [-0.4, -0.2) is 47.0 Å². The zero-order valence-corrected chi connectivity index (χ0v) is 18.8. The molecule has 2 fully saturated rings. The summed E-state index contributed by atoms with van der Waals surface area (Å²) in [5, 5.41) is 16.7. The van der Waals surface area contributed by atoms with Gasteiger partial charge in [0.1, 0.15) is 11.3 Å². The monoisotopic (exact) mass is 449 g/mol. The standard InChI is InChI=1S/C25H27N3O5/c1-4-14-9-7-10-16-21(14)26-24(32)25(16)19-18(20(27-25)13(2)29)22(30)28(23(19)31)12-15-8-5-6-11-17(15)33-3/h5-11,13,18-20,27,29H,4,12H2,1-3H3,(H,26,32)/t13-,18+,19-,20-,25-/m1/s1. The molecule has 1 spiro atoms. The van der Waals surface area contributed by atoms with Crippen LogP contribution < -0.4 is 15.4 Å². The molecule has 3 heterocycles. The van der Waals surface area contributed by atoms with Crippen molar-refractivity contribution in [1.29, 1.82) is 0 Å². The minimum absolute atomic E-state index is 0.0424. The van der Waals surface area contributed by atoms with E-state index >= 15 is 0 Å². The van der Waals surface area contributed by atoms with Crippen molar-refractivity contribution in [2.24, 2.45) is 11.8 Å². The molecule has 172 valence electrons. The molecule has 3 N–H and O–H groups in total. The molecule has 5 atom stereocenters. The number of aliphatic hydroxyl groups is 1. The molecule has 8 nitrogen and oxygen atoms in total. The van der Waals surface area contributed by atoms with E-state index in [1.54, 1.807) is 19.1 Å². The van der Waals surface area contributed by atoms with Crippen molar-refractivity contribution in [1.82, 2.24) is 10.2 Å². The van der Waals surface area contributed by atoms with Crippen LogP contribution in [-0.2, 0) is 32.9 Å². The Morgan fingerprint density at radius 3 is 2.52 bits per heavy atom. The van der Waals surface area contributed by atoms with Gasteiger partial charge in [-0.2, -0.15) is 0 Å². The number of benzene rings is 2. The van der Waals surface area contributed by atoms with E-state index in [0.29, 0.717) is 29.0 Å². The average molecular weight is 450 g/mol. The van der Waals surface area contributed by atoms with Crippen molar-refractivity contribution in [3.05, 3.63) is 59.2 Å². The third-order valence-corrected chi connectivity index (χ3v) is 7.28. The molecule has 2 aromatic rings. The summed E-state index contributed by atoms with van der Waals surface area (Å²) in [5.41, 5.74) is 1.59. The Bertz CT molecular complexity index is 1160. The number of rotatable bonds is 5. The number of likely N-dealkylation sites (tertiary alicyclic amines) is 1. The minimum atomic E-state index is -1.41. The molecule has 3 amide bonds. The number of methoxy groups -OCH3 is 1. The van der Waals surface area contributed by atoms with E-state index in [2.05, 4.69) is 10.6 Å². The number of nitrogens with zero attached hydrogens (tertiary/aromatic N) is 1. The summed E-state index contributed by atoms with van der Waals surface area (Å²) in [5.74, 6) is -2.40. The molecule has 2 saturated heterocycles. The average Bonchev–Trinajstić information content (AvgIpc) is 3.40. The predicted octanol–water partition coefficient (Wildman–Crippen LogP) is 1.56. The van der Waals surface area contributed by atoms with Crippen LogP contribution in [0.25, 0.3) is 0 Å². The molecule has 0 bridgehead atoms. The second-order valence-electron chi connectivity index (χ2n) is 8.94. The maximum Gasteiger partial charge on any atom is 0.250 e. The highest BCUT2D eigenvalue weighted by Gasteiger charge is 2.71. The van der Waals surface area contributed by atoms with Gasteiger partial charge < -0.3 is 15.2 Å². The van der Waals surface area contributed by atoms with Crippen LogP contribution in [0.15, 0.2) is 42.5 Å². The van der Waals surface area contributed by atoms with Crippen LogP contribution in [0.3, 0.4) is 0 Å². The smallest absolute Gasteiger partial charge is 0.250 e. The molecule has 8 heteroatoms. The van der Waals surface area contributed by atoms with Crippen molar-refractivity contribution in [2.45, 2.75) is 44.5 Å². The van der Waals surface area contributed by atoms with Gasteiger partial charge in [0.25, 0.3) is 0 Å². The summed E-state index contributed by atoms with van der Waals surface area (Å²) < 4.78 is 5.40. The van der Waals surface area contributed by atoms with Crippen LogP contribution >= 0.6 is 0 Å². The number of imide groups is 1. The van der Waals surface area contributed by atoms with Crippen LogP contribution in [0.5, 0.6) is 5.75 Å². The fourth-order valence-corrected chi connectivity index (χ4v) is 5.75. The van der Waals surface area contributed by atoms with Gasteiger partial charge in [-0.1, -0.05) is 43.3 Å². The molecule has 0 saturated carbocycles. The summed E-state index contributed by atoms with van der Waals surface area (Å²) >= 11 is 0. The zero-order valence-electron chi connectivity index (χ0n) is 18.8. The van der Waals surface area contributed by atoms with Gasteiger partial charge in [0.2, 0.25) is 17.7 Å². The second-order valence-corrected chi connectivity index (χ2v) is 8.94. The lowest BCUT2D eigenvalue weighted by molar-refractivity contribution is -0.143. The topological polar surface area (TPSA) is 108 Å². The predicted molar refractivity (Wildman–Crippen MR) is 120 cm³/mol. The van der Waals surface area contributed by atoms with Crippen molar-refractivity contribution in [3.63, 3.8) is 0 Å². The first-order valence-corrected chi connectivity index (χ1v) is 11.2. The van der Waals surface area contributed by atoms with Crippen LogP contribution in [0, 0.1) is 11.8 Å². The van der Waals surface area contributed by atoms with Gasteiger partial charge in [-0.15, -0.1) is 0 Å². The van der Waals surface area contributed by atoms with Crippen molar-refractivity contribution in [2.75, 3.05) is 12.4 Å². The Labute approximate surface area is 191 Å². The molecule has 0 unspecified atom stereocenters. The van der Waals surface area contributed by atoms with Gasteiger partial charge in [-0.3, -0.25) is 24.6 Å². The normalized spacial score (nSPS) is 28.8. The number of aryl methyl sites for hydroxylation is 1. The molecule has 0 aromatic heterocycles. The molecule has 3 aliphatic heterocycles. The largest absolute Gasteiger partial charge is 0.496 e. The van der Waals surface area contributed by atoms with Crippen LogP contribution in [0.2, 0.25) is 0 Å². The molecular weight excluding hydrogens is 422 g/mol. The minimum Gasteiger partial charge on any atom is -0.496 e. The van der Waals surface area contributed by atoms with E-state index in [1.807, 2.05) is 37.3 Å². The molecule has 5 rings (SSSR count). The Morgan fingerprint density at radius 2 is 1.82 bits per heavy atom. The second kappa shape index (κ2) is 7.67. The number of anilines is 1. The van der Waals surface area contributed by atoms with E-state index in [0.717, 1.165) is 5.56 Å². The molecule has 0 aliphatic carbocycles. The summed E-state index contributed by atoms with van der Waals surface area (Å²) in [7, 11) is 1.54. The summed E-state index contributed by atoms with van der Waals surface area (Å²) in [6.07, 6.45) is -0.230. The number of aliphatic hydroxyl groups excluding tert-OH is 1. The maximum atomic E-state index is 13.8. The van der Waals surface area contributed by atoms with Crippen LogP contribution in [0.4, 0.5) is 5.69 Å². The van der Waals surface area contributed by atoms with Gasteiger partial charge in [0.05, 0.1) is 31.6 Å². The Balaban J connectivity index is 1.62. The molecule has 33 heavy (non-hydrogen) atoms.